The fourth-order valence-electron chi connectivity index (χ4n) is 0.285. The van der Waals surface area contributed by atoms with E-state index in [9.17, 15) is 4.79 Å². The second-order valence-electron chi connectivity index (χ2n) is 1.88. The van der Waals surface area contributed by atoms with E-state index in [1.165, 1.54) is 13.2 Å². The van der Waals surface area contributed by atoms with Gasteiger partial charge in [0.2, 0.25) is 0 Å². The number of ether oxygens (including phenoxy) is 1. The number of halogens is 1. The minimum absolute atomic E-state index is 0.354. The molecule has 10 heavy (non-hydrogen) atoms. The van der Waals surface area contributed by atoms with Crippen molar-refractivity contribution in [3.63, 3.8) is 0 Å². The van der Waals surface area contributed by atoms with E-state index in [2.05, 4.69) is 4.74 Å². The molecule has 4 heteroatoms. The summed E-state index contributed by atoms with van der Waals surface area (Å²) < 4.78 is 4.34. The molecular weight excluding hydrogens is 154 g/mol. The van der Waals surface area contributed by atoms with Crippen LogP contribution < -0.4 is 0 Å². The molecule has 0 saturated heterocycles. The largest absolute Gasteiger partial charge is 0.466 e. The summed E-state index contributed by atoms with van der Waals surface area (Å²) in [5.74, 6) is -0.446. The highest BCUT2D eigenvalue weighted by Gasteiger charge is 1.98. The molecule has 0 aliphatic heterocycles. The van der Waals surface area contributed by atoms with Crippen LogP contribution in [0.15, 0.2) is 11.2 Å². The lowest BCUT2D eigenvalue weighted by Gasteiger charge is -2.08. The Bertz CT molecular complexity index is 154. The number of hydrogen-bond acceptors (Lipinski definition) is 3. The van der Waals surface area contributed by atoms with Gasteiger partial charge in [0.15, 0.2) is 0 Å². The van der Waals surface area contributed by atoms with E-state index in [0.717, 1.165) is 0 Å². The highest BCUT2D eigenvalue weighted by atomic mass is 35.5. The van der Waals surface area contributed by atoms with Crippen molar-refractivity contribution in [1.29, 1.82) is 0 Å². The van der Waals surface area contributed by atoms with Crippen molar-refractivity contribution in [3.05, 3.63) is 11.2 Å². The van der Waals surface area contributed by atoms with Crippen molar-refractivity contribution in [1.82, 2.24) is 4.90 Å². The van der Waals surface area contributed by atoms with Crippen LogP contribution >= 0.6 is 11.6 Å². The van der Waals surface area contributed by atoms with Crippen LogP contribution in [0, 0.1) is 0 Å². The van der Waals surface area contributed by atoms with E-state index in [1.54, 1.807) is 19.0 Å². The van der Waals surface area contributed by atoms with E-state index >= 15 is 0 Å². The Morgan fingerprint density at radius 3 is 2.40 bits per heavy atom. The fourth-order valence-corrected chi connectivity index (χ4v) is 0.374. The van der Waals surface area contributed by atoms with Gasteiger partial charge in [0, 0.05) is 14.1 Å². The first-order chi connectivity index (χ1) is 4.57. The first-order valence-electron chi connectivity index (χ1n) is 2.70. The molecule has 0 amide bonds. The van der Waals surface area contributed by atoms with Crippen molar-refractivity contribution in [3.8, 4) is 0 Å². The summed E-state index contributed by atoms with van der Waals surface area (Å²) in [6.45, 7) is 0. The Hall–Kier alpha value is -0.700. The van der Waals surface area contributed by atoms with Gasteiger partial charge in [-0.25, -0.2) is 4.79 Å². The molecule has 0 bridgehead atoms. The molecule has 0 fully saturated rings. The van der Waals surface area contributed by atoms with E-state index < -0.39 is 5.97 Å². The van der Waals surface area contributed by atoms with Gasteiger partial charge in [0.1, 0.15) is 5.16 Å². The van der Waals surface area contributed by atoms with Gasteiger partial charge in [0.25, 0.3) is 0 Å². The molecule has 0 rings (SSSR count). The molecule has 0 aromatic heterocycles. The van der Waals surface area contributed by atoms with Crippen LogP contribution in [0.1, 0.15) is 0 Å². The zero-order chi connectivity index (χ0) is 8.15. The predicted molar refractivity (Wildman–Crippen MR) is 39.6 cm³/mol. The summed E-state index contributed by atoms with van der Waals surface area (Å²) in [7, 11) is 4.78. The minimum Gasteiger partial charge on any atom is -0.466 e. The molecule has 0 saturated carbocycles. The zero-order valence-electron chi connectivity index (χ0n) is 6.22. The fraction of sp³-hybridized carbons (Fsp3) is 0.500. The van der Waals surface area contributed by atoms with Crippen LogP contribution in [0.4, 0.5) is 0 Å². The lowest BCUT2D eigenvalue weighted by molar-refractivity contribution is -0.134. The summed E-state index contributed by atoms with van der Waals surface area (Å²) in [6, 6.07) is 0. The summed E-state index contributed by atoms with van der Waals surface area (Å²) >= 11 is 5.58. The molecular formula is C6H10ClNO2. The van der Waals surface area contributed by atoms with Crippen LogP contribution in [0.5, 0.6) is 0 Å². The maximum absolute atomic E-state index is 10.5. The molecule has 0 aliphatic rings. The second-order valence-corrected chi connectivity index (χ2v) is 2.27. The number of hydrogen-bond donors (Lipinski definition) is 0. The maximum atomic E-state index is 10.5. The third-order valence-corrected chi connectivity index (χ3v) is 1.31. The standard InChI is InChI=1S/C6H10ClNO2/c1-8(2)5(7)4-6(9)10-3/h4H,1-3H3/b5-4-. The third-order valence-electron chi connectivity index (χ3n) is 0.865. The normalized spacial score (nSPS) is 11.0. The number of carbonyl (C=O) groups excluding carboxylic acids is 1. The summed E-state index contributed by atoms with van der Waals surface area (Å²) in [5, 5.41) is 0.354. The number of methoxy groups -OCH3 is 1. The molecule has 0 aliphatic carbocycles. The molecule has 0 aromatic carbocycles. The highest BCUT2D eigenvalue weighted by molar-refractivity contribution is 6.30. The monoisotopic (exact) mass is 163 g/mol. The van der Waals surface area contributed by atoms with Crippen LogP contribution in [0.3, 0.4) is 0 Å². The Balaban J connectivity index is 4.03. The lowest BCUT2D eigenvalue weighted by Crippen LogP contribution is -2.08. The Kier molecular flexibility index (Phi) is 3.88. The van der Waals surface area contributed by atoms with Crippen LogP contribution in [-0.4, -0.2) is 32.1 Å². The van der Waals surface area contributed by atoms with Gasteiger partial charge in [-0.2, -0.15) is 0 Å². The zero-order valence-corrected chi connectivity index (χ0v) is 6.97. The average Bonchev–Trinajstić information content (AvgIpc) is 1.87. The molecule has 3 nitrogen and oxygen atoms in total. The summed E-state index contributed by atoms with van der Waals surface area (Å²) in [4.78, 5) is 12.1. The van der Waals surface area contributed by atoms with Gasteiger partial charge < -0.3 is 9.64 Å². The summed E-state index contributed by atoms with van der Waals surface area (Å²) in [6.07, 6.45) is 1.21. The van der Waals surface area contributed by atoms with E-state index in [-0.39, 0.29) is 0 Å². The van der Waals surface area contributed by atoms with Gasteiger partial charge in [-0.1, -0.05) is 11.6 Å². The van der Waals surface area contributed by atoms with Crippen LogP contribution in [0.25, 0.3) is 0 Å². The topological polar surface area (TPSA) is 29.5 Å². The third kappa shape index (κ3) is 3.35. The smallest absolute Gasteiger partial charge is 0.333 e. The van der Waals surface area contributed by atoms with Crippen molar-refractivity contribution < 1.29 is 9.53 Å². The van der Waals surface area contributed by atoms with Crippen molar-refractivity contribution in [2.24, 2.45) is 0 Å². The molecule has 0 atom stereocenters. The average molecular weight is 164 g/mol. The molecule has 0 N–H and O–H groups in total. The number of nitrogens with zero attached hydrogens (tertiary/aromatic N) is 1. The highest BCUT2D eigenvalue weighted by Crippen LogP contribution is 2.03. The van der Waals surface area contributed by atoms with Gasteiger partial charge in [-0.3, -0.25) is 0 Å². The van der Waals surface area contributed by atoms with Gasteiger partial charge >= 0.3 is 5.97 Å². The van der Waals surface area contributed by atoms with Crippen molar-refractivity contribution in [2.45, 2.75) is 0 Å². The molecule has 0 aromatic rings. The Morgan fingerprint density at radius 2 is 2.10 bits per heavy atom. The number of carbonyl (C=O) groups is 1. The van der Waals surface area contributed by atoms with Crippen molar-refractivity contribution in [2.75, 3.05) is 21.2 Å². The Morgan fingerprint density at radius 1 is 1.60 bits per heavy atom. The number of rotatable bonds is 2. The predicted octanol–water partition coefficient (Wildman–Crippen LogP) is 0.801. The second kappa shape index (κ2) is 4.17. The quantitative estimate of drug-likeness (QED) is 0.343. The first kappa shape index (κ1) is 9.30. The van der Waals surface area contributed by atoms with Gasteiger partial charge in [0.05, 0.1) is 13.2 Å². The number of esters is 1. The lowest BCUT2D eigenvalue weighted by atomic mass is 10.6. The van der Waals surface area contributed by atoms with E-state index in [1.807, 2.05) is 0 Å². The summed E-state index contributed by atoms with van der Waals surface area (Å²) in [5.41, 5.74) is 0. The maximum Gasteiger partial charge on any atom is 0.333 e. The first-order valence-corrected chi connectivity index (χ1v) is 3.08. The minimum atomic E-state index is -0.446. The SMILES string of the molecule is COC(=O)/C=C(/Cl)N(C)C. The molecule has 58 valence electrons. The van der Waals surface area contributed by atoms with E-state index in [0.29, 0.717) is 5.16 Å². The van der Waals surface area contributed by atoms with Gasteiger partial charge in [-0.05, 0) is 0 Å². The molecule has 0 unspecified atom stereocenters. The molecule has 0 spiro atoms. The van der Waals surface area contributed by atoms with Gasteiger partial charge in [-0.15, -0.1) is 0 Å². The van der Waals surface area contributed by atoms with E-state index in [4.69, 9.17) is 11.6 Å². The van der Waals surface area contributed by atoms with Crippen LogP contribution in [-0.2, 0) is 9.53 Å². The van der Waals surface area contributed by atoms with Crippen molar-refractivity contribution >= 4 is 17.6 Å². The molecule has 0 radical (unpaired) electrons. The molecule has 0 heterocycles. The Labute approximate surface area is 65.2 Å². The van der Waals surface area contributed by atoms with Crippen LogP contribution in [0.2, 0.25) is 0 Å².